The third-order valence-corrected chi connectivity index (χ3v) is 4.66. The van der Waals surface area contributed by atoms with Crippen molar-refractivity contribution < 1.29 is 9.59 Å². The molecule has 0 aliphatic heterocycles. The Balaban J connectivity index is 2.15. The van der Waals surface area contributed by atoms with Crippen molar-refractivity contribution >= 4 is 23.1 Å². The summed E-state index contributed by atoms with van der Waals surface area (Å²) in [5.74, 6) is -0.657. The van der Waals surface area contributed by atoms with Gasteiger partial charge in [-0.2, -0.15) is 0 Å². The number of anilines is 1. The molecular formula is C21H20N2O2. The Morgan fingerprint density at radius 2 is 1.96 bits per heavy atom. The van der Waals surface area contributed by atoms with E-state index in [4.69, 9.17) is 5.73 Å². The number of amides is 2. The van der Waals surface area contributed by atoms with Crippen molar-refractivity contribution in [1.29, 1.82) is 0 Å². The number of allylic oxidation sites excluding steroid dienone is 2. The van der Waals surface area contributed by atoms with Gasteiger partial charge in [0.05, 0.1) is 0 Å². The number of rotatable bonds is 4. The van der Waals surface area contributed by atoms with Crippen LogP contribution in [0.2, 0.25) is 0 Å². The Hall–Kier alpha value is -3.14. The second-order valence-electron chi connectivity index (χ2n) is 6.23. The maximum Gasteiger partial charge on any atom is 0.249 e. The molecule has 4 heteroatoms. The second kappa shape index (κ2) is 6.40. The fraction of sp³-hybridized carbons (Fsp3) is 0.143. The SMILES string of the molecule is C=CC(=O)Nc1cccc(-c2ccc(C(N)=O)c3c2C(C)=C(C)C3)c1. The highest BCUT2D eigenvalue weighted by Gasteiger charge is 2.24. The van der Waals surface area contributed by atoms with Crippen molar-refractivity contribution in [3.8, 4) is 11.1 Å². The van der Waals surface area contributed by atoms with E-state index < -0.39 is 5.91 Å². The first-order chi connectivity index (χ1) is 11.9. The number of benzene rings is 2. The molecule has 0 radical (unpaired) electrons. The maximum atomic E-state index is 11.8. The van der Waals surface area contributed by atoms with Gasteiger partial charge in [-0.1, -0.05) is 30.4 Å². The molecule has 3 rings (SSSR count). The van der Waals surface area contributed by atoms with Crippen molar-refractivity contribution in [2.24, 2.45) is 5.73 Å². The Bertz CT molecular complexity index is 939. The Morgan fingerprint density at radius 3 is 2.64 bits per heavy atom. The van der Waals surface area contributed by atoms with Crippen molar-refractivity contribution in [2.45, 2.75) is 20.3 Å². The number of nitrogens with two attached hydrogens (primary N) is 1. The smallest absolute Gasteiger partial charge is 0.249 e. The highest BCUT2D eigenvalue weighted by molar-refractivity contribution is 6.01. The lowest BCUT2D eigenvalue weighted by molar-refractivity contribution is -0.111. The average molecular weight is 332 g/mol. The highest BCUT2D eigenvalue weighted by atomic mass is 16.1. The van der Waals surface area contributed by atoms with Gasteiger partial charge < -0.3 is 11.1 Å². The van der Waals surface area contributed by atoms with E-state index in [1.54, 1.807) is 6.07 Å². The van der Waals surface area contributed by atoms with Crippen LogP contribution in [0.1, 0.15) is 35.3 Å². The Labute approximate surface area is 147 Å². The number of fused-ring (bicyclic) bond motifs is 1. The molecule has 126 valence electrons. The van der Waals surface area contributed by atoms with Gasteiger partial charge in [-0.25, -0.2) is 0 Å². The minimum atomic E-state index is -0.405. The Kier molecular flexibility index (Phi) is 4.28. The Morgan fingerprint density at radius 1 is 1.20 bits per heavy atom. The predicted molar refractivity (Wildman–Crippen MR) is 101 cm³/mol. The van der Waals surface area contributed by atoms with E-state index in [0.29, 0.717) is 11.3 Å². The molecule has 0 aromatic heterocycles. The van der Waals surface area contributed by atoms with Crippen LogP contribution in [0.25, 0.3) is 16.7 Å². The number of nitrogens with one attached hydrogen (secondary N) is 1. The molecule has 4 nitrogen and oxygen atoms in total. The van der Waals surface area contributed by atoms with E-state index in [-0.39, 0.29) is 5.91 Å². The average Bonchev–Trinajstić information content (AvgIpc) is 2.89. The minimum Gasteiger partial charge on any atom is -0.366 e. The van der Waals surface area contributed by atoms with E-state index in [1.165, 1.54) is 17.2 Å². The van der Waals surface area contributed by atoms with Gasteiger partial charge in [0.25, 0.3) is 0 Å². The van der Waals surface area contributed by atoms with Crippen LogP contribution in [0.15, 0.2) is 54.6 Å². The van der Waals surface area contributed by atoms with Gasteiger partial charge in [0.15, 0.2) is 0 Å². The summed E-state index contributed by atoms with van der Waals surface area (Å²) in [5, 5.41) is 2.78. The van der Waals surface area contributed by atoms with Crippen LogP contribution in [-0.2, 0) is 11.2 Å². The van der Waals surface area contributed by atoms with Crippen LogP contribution in [0.3, 0.4) is 0 Å². The van der Waals surface area contributed by atoms with Crippen LogP contribution in [0, 0.1) is 0 Å². The number of hydrogen-bond donors (Lipinski definition) is 2. The lowest BCUT2D eigenvalue weighted by Crippen LogP contribution is -2.14. The van der Waals surface area contributed by atoms with E-state index in [0.717, 1.165) is 28.7 Å². The molecule has 0 saturated heterocycles. The first-order valence-corrected chi connectivity index (χ1v) is 8.08. The lowest BCUT2D eigenvalue weighted by Gasteiger charge is -2.14. The maximum absolute atomic E-state index is 11.8. The van der Waals surface area contributed by atoms with Gasteiger partial charge in [0.1, 0.15) is 0 Å². The largest absolute Gasteiger partial charge is 0.366 e. The van der Waals surface area contributed by atoms with Crippen molar-refractivity contribution in [3.63, 3.8) is 0 Å². The molecule has 0 heterocycles. The van der Waals surface area contributed by atoms with Gasteiger partial charge in [-0.05, 0) is 72.4 Å². The van der Waals surface area contributed by atoms with Gasteiger partial charge in [0, 0.05) is 11.3 Å². The third-order valence-electron chi connectivity index (χ3n) is 4.66. The zero-order valence-corrected chi connectivity index (χ0v) is 14.3. The van der Waals surface area contributed by atoms with Gasteiger partial charge >= 0.3 is 0 Å². The van der Waals surface area contributed by atoms with Crippen LogP contribution in [-0.4, -0.2) is 11.8 Å². The summed E-state index contributed by atoms with van der Waals surface area (Å²) in [4.78, 5) is 23.3. The van der Waals surface area contributed by atoms with Crippen LogP contribution < -0.4 is 11.1 Å². The number of hydrogen-bond acceptors (Lipinski definition) is 2. The molecule has 2 amide bonds. The third kappa shape index (κ3) is 2.98. The quantitative estimate of drug-likeness (QED) is 0.833. The molecule has 3 N–H and O–H groups in total. The molecule has 2 aromatic carbocycles. The fourth-order valence-electron chi connectivity index (χ4n) is 3.30. The molecule has 0 saturated carbocycles. The standard InChI is InChI=1S/C21H20N2O2/c1-4-19(24)23-15-7-5-6-14(11-15)16-8-9-17(21(22)25)18-10-12(2)13(3)20(16)18/h4-9,11H,1,10H2,2-3H3,(H2,22,25)(H,23,24). The van der Waals surface area contributed by atoms with E-state index in [1.807, 2.05) is 30.3 Å². The fourth-order valence-corrected chi connectivity index (χ4v) is 3.30. The van der Waals surface area contributed by atoms with Gasteiger partial charge in [-0.3, -0.25) is 9.59 Å². The van der Waals surface area contributed by atoms with Crippen LogP contribution >= 0.6 is 0 Å². The molecule has 0 bridgehead atoms. The summed E-state index contributed by atoms with van der Waals surface area (Å²) < 4.78 is 0. The molecule has 0 unspecified atom stereocenters. The summed E-state index contributed by atoms with van der Waals surface area (Å²) in [6, 6.07) is 11.3. The zero-order chi connectivity index (χ0) is 18.1. The molecule has 2 aromatic rings. The van der Waals surface area contributed by atoms with Gasteiger partial charge in [-0.15, -0.1) is 0 Å². The van der Waals surface area contributed by atoms with E-state index in [2.05, 4.69) is 25.7 Å². The number of carbonyl (C=O) groups excluding carboxylic acids is 2. The van der Waals surface area contributed by atoms with E-state index >= 15 is 0 Å². The summed E-state index contributed by atoms with van der Waals surface area (Å²) in [7, 11) is 0. The monoisotopic (exact) mass is 332 g/mol. The molecule has 1 aliphatic rings. The van der Waals surface area contributed by atoms with E-state index in [9.17, 15) is 9.59 Å². The summed E-state index contributed by atoms with van der Waals surface area (Å²) in [5.41, 5.74) is 13.3. The molecule has 0 spiro atoms. The lowest BCUT2D eigenvalue weighted by atomic mass is 9.91. The first-order valence-electron chi connectivity index (χ1n) is 8.08. The van der Waals surface area contributed by atoms with Crippen molar-refractivity contribution in [2.75, 3.05) is 5.32 Å². The molecule has 1 aliphatic carbocycles. The van der Waals surface area contributed by atoms with Crippen LogP contribution in [0.5, 0.6) is 0 Å². The molecule has 0 fully saturated rings. The van der Waals surface area contributed by atoms with Gasteiger partial charge in [0.2, 0.25) is 11.8 Å². The zero-order valence-electron chi connectivity index (χ0n) is 14.3. The predicted octanol–water partition coefficient (Wildman–Crippen LogP) is 3.93. The molecule has 0 atom stereocenters. The number of carbonyl (C=O) groups is 2. The van der Waals surface area contributed by atoms with Crippen molar-refractivity contribution in [3.05, 3.63) is 71.3 Å². The van der Waals surface area contributed by atoms with Crippen molar-refractivity contribution in [1.82, 2.24) is 0 Å². The first kappa shape index (κ1) is 16.7. The second-order valence-corrected chi connectivity index (χ2v) is 6.23. The summed E-state index contributed by atoms with van der Waals surface area (Å²) in [6.45, 7) is 7.61. The normalized spacial score (nSPS) is 12.7. The summed E-state index contributed by atoms with van der Waals surface area (Å²) >= 11 is 0. The highest BCUT2D eigenvalue weighted by Crippen LogP contribution is 2.41. The minimum absolute atomic E-state index is 0.252. The number of primary amides is 1. The topological polar surface area (TPSA) is 72.2 Å². The summed E-state index contributed by atoms with van der Waals surface area (Å²) in [6.07, 6.45) is 1.97. The van der Waals surface area contributed by atoms with Crippen LogP contribution in [0.4, 0.5) is 5.69 Å². The molecular weight excluding hydrogens is 312 g/mol. The molecule has 25 heavy (non-hydrogen) atoms.